The fourth-order valence-corrected chi connectivity index (χ4v) is 3.43. The Morgan fingerprint density at radius 1 is 1.14 bits per heavy atom. The van der Waals surface area contributed by atoms with Crippen LogP contribution in [0.15, 0.2) is 29.2 Å². The van der Waals surface area contributed by atoms with Crippen molar-refractivity contribution in [1.29, 1.82) is 0 Å². The van der Waals surface area contributed by atoms with E-state index >= 15 is 0 Å². The number of anilines is 1. The van der Waals surface area contributed by atoms with Gasteiger partial charge in [0, 0.05) is 12.3 Å². The highest BCUT2D eigenvalue weighted by atomic mass is 32.2. The number of rotatable bonds is 5. The Morgan fingerprint density at radius 3 is 2.38 bits per heavy atom. The Bertz CT molecular complexity index is 599. The molecule has 1 aromatic rings. The fourth-order valence-electron chi connectivity index (χ4n) is 2.71. The first-order chi connectivity index (χ1) is 9.98. The zero-order valence-corrected chi connectivity index (χ0v) is 12.2. The lowest BCUT2D eigenvalue weighted by Gasteiger charge is -2.20. The Balaban J connectivity index is 1.70. The molecule has 2 aliphatic rings. The van der Waals surface area contributed by atoms with Crippen LogP contribution in [0.1, 0.15) is 19.3 Å². The van der Waals surface area contributed by atoms with Gasteiger partial charge < -0.3 is 10.1 Å². The highest BCUT2D eigenvalue weighted by Gasteiger charge is 2.40. The van der Waals surface area contributed by atoms with Gasteiger partial charge in [0.1, 0.15) is 0 Å². The molecule has 1 aliphatic carbocycles. The van der Waals surface area contributed by atoms with E-state index in [9.17, 15) is 17.2 Å². The van der Waals surface area contributed by atoms with Gasteiger partial charge in [-0.15, -0.1) is 0 Å². The summed E-state index contributed by atoms with van der Waals surface area (Å²) in [5.41, 5.74) is 0.726. The maximum atomic E-state index is 12.5. The summed E-state index contributed by atoms with van der Waals surface area (Å²) in [6.07, 6.45) is 3.48. The van der Waals surface area contributed by atoms with Crippen LogP contribution in [0.2, 0.25) is 0 Å². The number of benzene rings is 1. The number of ether oxygens (including phenoxy) is 1. The minimum Gasteiger partial charge on any atom is -0.380 e. The van der Waals surface area contributed by atoms with E-state index in [2.05, 4.69) is 5.32 Å². The fraction of sp³-hybridized carbons (Fsp3) is 0.571. The SMILES string of the molecule is O=S(=O)(c1ccc(NC2CCOC2C2CC2)cc1)C(F)F. The van der Waals surface area contributed by atoms with Gasteiger partial charge in [0.25, 0.3) is 0 Å². The predicted molar refractivity (Wildman–Crippen MR) is 74.1 cm³/mol. The first-order valence-corrected chi connectivity index (χ1v) is 8.53. The summed E-state index contributed by atoms with van der Waals surface area (Å²) in [4.78, 5) is -0.357. The minimum atomic E-state index is -4.52. The zero-order valence-electron chi connectivity index (χ0n) is 11.3. The van der Waals surface area contributed by atoms with E-state index in [-0.39, 0.29) is 17.0 Å². The quantitative estimate of drug-likeness (QED) is 0.907. The molecule has 2 atom stereocenters. The van der Waals surface area contributed by atoms with Crippen molar-refractivity contribution < 1.29 is 21.9 Å². The molecule has 1 aliphatic heterocycles. The molecule has 7 heteroatoms. The van der Waals surface area contributed by atoms with Gasteiger partial charge in [-0.3, -0.25) is 0 Å². The molecular formula is C14H17F2NO3S. The third-order valence-corrected chi connectivity index (χ3v) is 5.39. The maximum Gasteiger partial charge on any atom is 0.341 e. The molecule has 0 aromatic heterocycles. The maximum absolute atomic E-state index is 12.5. The number of halogens is 2. The Labute approximate surface area is 122 Å². The van der Waals surface area contributed by atoms with Gasteiger partial charge in [0.05, 0.1) is 17.0 Å². The third kappa shape index (κ3) is 3.03. The summed E-state index contributed by atoms with van der Waals surface area (Å²) in [5, 5.41) is 3.31. The highest BCUT2D eigenvalue weighted by Crippen LogP contribution is 2.39. The zero-order chi connectivity index (χ0) is 15.0. The molecule has 1 aromatic carbocycles. The summed E-state index contributed by atoms with van der Waals surface area (Å²) in [5.74, 6) is -2.78. The summed E-state index contributed by atoms with van der Waals surface area (Å²) < 4.78 is 53.3. The number of hydrogen-bond acceptors (Lipinski definition) is 4. The molecule has 21 heavy (non-hydrogen) atoms. The first-order valence-electron chi connectivity index (χ1n) is 6.99. The lowest BCUT2D eigenvalue weighted by molar-refractivity contribution is 0.0898. The molecule has 0 radical (unpaired) electrons. The molecule has 0 spiro atoms. The molecule has 1 saturated carbocycles. The Kier molecular flexibility index (Phi) is 3.88. The van der Waals surface area contributed by atoms with E-state index in [1.165, 1.54) is 37.1 Å². The highest BCUT2D eigenvalue weighted by molar-refractivity contribution is 7.91. The van der Waals surface area contributed by atoms with Crippen LogP contribution in [0, 0.1) is 5.92 Å². The van der Waals surface area contributed by atoms with E-state index < -0.39 is 15.6 Å². The van der Waals surface area contributed by atoms with Gasteiger partial charge in [-0.05, 0) is 49.4 Å². The third-order valence-electron chi connectivity index (χ3n) is 3.99. The minimum absolute atomic E-state index is 0.203. The van der Waals surface area contributed by atoms with Crippen LogP contribution < -0.4 is 5.32 Å². The van der Waals surface area contributed by atoms with E-state index in [1.807, 2.05) is 0 Å². The molecule has 0 amide bonds. The van der Waals surface area contributed by atoms with E-state index in [4.69, 9.17) is 4.74 Å². The van der Waals surface area contributed by atoms with Gasteiger partial charge in [-0.25, -0.2) is 8.42 Å². The van der Waals surface area contributed by atoms with Gasteiger partial charge in [0.2, 0.25) is 9.84 Å². The first kappa shape index (κ1) is 14.7. The molecule has 1 N–H and O–H groups in total. The average molecular weight is 317 g/mol. The summed E-state index contributed by atoms with van der Waals surface area (Å²) in [7, 11) is -4.52. The lowest BCUT2D eigenvalue weighted by Crippen LogP contribution is -2.30. The van der Waals surface area contributed by atoms with Crippen molar-refractivity contribution in [2.45, 2.75) is 42.1 Å². The monoisotopic (exact) mass is 317 g/mol. The van der Waals surface area contributed by atoms with Crippen LogP contribution in [-0.4, -0.2) is 32.9 Å². The molecule has 2 unspecified atom stereocenters. The van der Waals surface area contributed by atoms with Crippen molar-refractivity contribution in [3.05, 3.63) is 24.3 Å². The largest absolute Gasteiger partial charge is 0.380 e. The van der Waals surface area contributed by atoms with Crippen molar-refractivity contribution in [3.8, 4) is 0 Å². The molecule has 3 rings (SSSR count). The Morgan fingerprint density at radius 2 is 1.81 bits per heavy atom. The second-order valence-electron chi connectivity index (χ2n) is 5.54. The standard InChI is InChI=1S/C14H17F2NO3S/c15-14(16)21(18,19)11-5-3-10(4-6-11)17-12-7-8-20-13(12)9-1-2-9/h3-6,9,12-14,17H,1-2,7-8H2. The molecule has 1 saturated heterocycles. The van der Waals surface area contributed by atoms with Crippen LogP contribution >= 0.6 is 0 Å². The lowest BCUT2D eigenvalue weighted by atomic mass is 10.1. The molecule has 4 nitrogen and oxygen atoms in total. The number of alkyl halides is 2. The van der Waals surface area contributed by atoms with Crippen molar-refractivity contribution in [2.24, 2.45) is 5.92 Å². The van der Waals surface area contributed by atoms with E-state index in [0.29, 0.717) is 5.92 Å². The van der Waals surface area contributed by atoms with Crippen molar-refractivity contribution in [1.82, 2.24) is 0 Å². The smallest absolute Gasteiger partial charge is 0.341 e. The summed E-state index contributed by atoms with van der Waals surface area (Å²) in [6, 6.07) is 5.68. The van der Waals surface area contributed by atoms with Crippen LogP contribution in [0.25, 0.3) is 0 Å². The summed E-state index contributed by atoms with van der Waals surface area (Å²) >= 11 is 0. The average Bonchev–Trinajstić information content (AvgIpc) is 3.20. The van der Waals surface area contributed by atoms with E-state index in [0.717, 1.165) is 18.7 Å². The number of nitrogens with one attached hydrogen (secondary N) is 1. The van der Waals surface area contributed by atoms with Crippen LogP contribution in [-0.2, 0) is 14.6 Å². The topological polar surface area (TPSA) is 55.4 Å². The molecule has 116 valence electrons. The van der Waals surface area contributed by atoms with Gasteiger partial charge in [-0.1, -0.05) is 0 Å². The van der Waals surface area contributed by atoms with Gasteiger partial charge >= 0.3 is 5.76 Å². The Hall–Kier alpha value is -1.21. The van der Waals surface area contributed by atoms with Crippen LogP contribution in [0.5, 0.6) is 0 Å². The normalized spacial score (nSPS) is 26.2. The van der Waals surface area contributed by atoms with Gasteiger partial charge in [0.15, 0.2) is 0 Å². The summed E-state index contributed by atoms with van der Waals surface area (Å²) in [6.45, 7) is 0.719. The number of hydrogen-bond donors (Lipinski definition) is 1. The number of sulfone groups is 1. The second-order valence-corrected chi connectivity index (χ2v) is 7.46. The van der Waals surface area contributed by atoms with Crippen LogP contribution in [0.3, 0.4) is 0 Å². The second kappa shape index (κ2) is 5.53. The van der Waals surface area contributed by atoms with Crippen molar-refractivity contribution in [3.63, 3.8) is 0 Å². The molecular weight excluding hydrogens is 300 g/mol. The molecule has 1 heterocycles. The van der Waals surface area contributed by atoms with E-state index in [1.54, 1.807) is 0 Å². The van der Waals surface area contributed by atoms with Crippen LogP contribution in [0.4, 0.5) is 14.5 Å². The van der Waals surface area contributed by atoms with Crippen molar-refractivity contribution >= 4 is 15.5 Å². The molecule has 2 fully saturated rings. The predicted octanol–water partition coefficient (Wildman–Crippen LogP) is 2.66. The van der Waals surface area contributed by atoms with Crippen molar-refractivity contribution in [2.75, 3.05) is 11.9 Å². The van der Waals surface area contributed by atoms with Gasteiger partial charge in [-0.2, -0.15) is 8.78 Å². The molecule has 0 bridgehead atoms.